The predicted octanol–water partition coefficient (Wildman–Crippen LogP) is 2.79. The van der Waals surface area contributed by atoms with Crippen molar-refractivity contribution < 1.29 is 4.79 Å². The molecule has 22 heavy (non-hydrogen) atoms. The molecular weight excluding hydrogens is 274 g/mol. The summed E-state index contributed by atoms with van der Waals surface area (Å²) in [6, 6.07) is 9.84. The van der Waals surface area contributed by atoms with Crippen molar-refractivity contribution >= 4 is 16.8 Å². The Morgan fingerprint density at radius 2 is 1.77 bits per heavy atom. The normalized spacial score (nSPS) is 17.0. The van der Waals surface area contributed by atoms with Gasteiger partial charge >= 0.3 is 0 Å². The van der Waals surface area contributed by atoms with Crippen LogP contribution in [0.4, 0.5) is 0 Å². The number of hydrogen-bond acceptors (Lipinski definition) is 3. The summed E-state index contributed by atoms with van der Waals surface area (Å²) < 4.78 is 0. The Balaban J connectivity index is 1.74. The molecule has 0 radical (unpaired) electrons. The van der Waals surface area contributed by atoms with Crippen LogP contribution < -0.4 is 0 Å². The summed E-state index contributed by atoms with van der Waals surface area (Å²) in [7, 11) is 0. The van der Waals surface area contributed by atoms with Crippen molar-refractivity contribution in [3.8, 4) is 0 Å². The smallest absolute Gasteiger partial charge is 0.255 e. The second kappa shape index (κ2) is 5.69. The number of aromatic nitrogens is 1. The van der Waals surface area contributed by atoms with Crippen LogP contribution >= 0.6 is 0 Å². The van der Waals surface area contributed by atoms with Gasteiger partial charge in [0.05, 0.1) is 11.1 Å². The average molecular weight is 297 g/mol. The largest absolute Gasteiger partial charge is 0.336 e. The fourth-order valence-corrected chi connectivity index (χ4v) is 2.95. The molecule has 0 unspecified atom stereocenters. The first-order valence-electron chi connectivity index (χ1n) is 7.84. The standard InChI is InChI=1S/C18H23N3O/c1-18(2,3)21-10-8-20(9-11-21)17(22)15-12-14-6-4-5-7-16(14)19-13-15/h4-7,12-13H,8-11H2,1-3H3. The Kier molecular flexibility index (Phi) is 3.87. The minimum atomic E-state index is 0.0896. The maximum absolute atomic E-state index is 12.7. The quantitative estimate of drug-likeness (QED) is 0.812. The first-order chi connectivity index (χ1) is 10.4. The van der Waals surface area contributed by atoms with Crippen LogP contribution in [0.2, 0.25) is 0 Å². The zero-order valence-corrected chi connectivity index (χ0v) is 13.5. The van der Waals surface area contributed by atoms with E-state index in [1.54, 1.807) is 6.20 Å². The van der Waals surface area contributed by atoms with Crippen molar-refractivity contribution in [2.24, 2.45) is 0 Å². The van der Waals surface area contributed by atoms with Crippen molar-refractivity contribution in [2.45, 2.75) is 26.3 Å². The maximum Gasteiger partial charge on any atom is 0.255 e. The van der Waals surface area contributed by atoms with Gasteiger partial charge in [-0.3, -0.25) is 14.7 Å². The van der Waals surface area contributed by atoms with Crippen molar-refractivity contribution in [1.82, 2.24) is 14.8 Å². The van der Waals surface area contributed by atoms with E-state index < -0.39 is 0 Å². The van der Waals surface area contributed by atoms with E-state index in [1.807, 2.05) is 35.2 Å². The number of pyridine rings is 1. The van der Waals surface area contributed by atoms with Crippen LogP contribution in [0.1, 0.15) is 31.1 Å². The molecule has 3 rings (SSSR count). The topological polar surface area (TPSA) is 36.4 Å². The highest BCUT2D eigenvalue weighted by Crippen LogP contribution is 2.18. The molecule has 0 saturated carbocycles. The molecule has 1 amide bonds. The Bertz CT molecular complexity index is 682. The molecule has 4 heteroatoms. The molecule has 116 valence electrons. The molecule has 1 saturated heterocycles. The number of nitrogens with zero attached hydrogens (tertiary/aromatic N) is 3. The lowest BCUT2D eigenvalue weighted by Gasteiger charge is -2.42. The summed E-state index contributed by atoms with van der Waals surface area (Å²) in [6.45, 7) is 10.1. The van der Waals surface area contributed by atoms with Crippen LogP contribution in [-0.2, 0) is 0 Å². The Labute approximate surface area is 131 Å². The van der Waals surface area contributed by atoms with Gasteiger partial charge in [-0.05, 0) is 32.9 Å². The van der Waals surface area contributed by atoms with E-state index in [-0.39, 0.29) is 11.4 Å². The van der Waals surface area contributed by atoms with Gasteiger partial charge in [-0.15, -0.1) is 0 Å². The minimum absolute atomic E-state index is 0.0896. The van der Waals surface area contributed by atoms with E-state index >= 15 is 0 Å². The fraction of sp³-hybridized carbons (Fsp3) is 0.444. The molecular formula is C18H23N3O. The van der Waals surface area contributed by atoms with Gasteiger partial charge in [-0.25, -0.2) is 0 Å². The second-order valence-corrected chi connectivity index (χ2v) is 6.87. The van der Waals surface area contributed by atoms with Crippen LogP contribution in [0.3, 0.4) is 0 Å². The molecule has 4 nitrogen and oxygen atoms in total. The average Bonchev–Trinajstić information content (AvgIpc) is 2.53. The van der Waals surface area contributed by atoms with Gasteiger partial charge in [0.1, 0.15) is 0 Å². The van der Waals surface area contributed by atoms with Crippen LogP contribution in [0.25, 0.3) is 10.9 Å². The lowest BCUT2D eigenvalue weighted by Crippen LogP contribution is -2.54. The lowest BCUT2D eigenvalue weighted by molar-refractivity contribution is 0.0451. The molecule has 2 aromatic rings. The molecule has 1 aliphatic rings. The van der Waals surface area contributed by atoms with Crippen LogP contribution in [0, 0.1) is 0 Å². The third kappa shape index (κ3) is 2.97. The zero-order chi connectivity index (χ0) is 15.7. The Hall–Kier alpha value is -1.94. The van der Waals surface area contributed by atoms with Gasteiger partial charge in [0.2, 0.25) is 0 Å². The third-order valence-electron chi connectivity index (χ3n) is 4.35. The van der Waals surface area contributed by atoms with E-state index in [0.29, 0.717) is 5.56 Å². The van der Waals surface area contributed by atoms with E-state index in [1.165, 1.54) is 0 Å². The first-order valence-corrected chi connectivity index (χ1v) is 7.84. The van der Waals surface area contributed by atoms with Gasteiger partial charge in [-0.1, -0.05) is 18.2 Å². The summed E-state index contributed by atoms with van der Waals surface area (Å²) in [6.07, 6.45) is 1.70. The third-order valence-corrected chi connectivity index (χ3v) is 4.35. The van der Waals surface area contributed by atoms with Crippen molar-refractivity contribution in [3.05, 3.63) is 42.1 Å². The molecule has 0 atom stereocenters. The number of benzene rings is 1. The number of rotatable bonds is 1. The monoisotopic (exact) mass is 297 g/mol. The fourth-order valence-electron chi connectivity index (χ4n) is 2.95. The van der Waals surface area contributed by atoms with Gasteiger partial charge < -0.3 is 4.90 Å². The summed E-state index contributed by atoms with van der Waals surface area (Å²) >= 11 is 0. The number of piperazine rings is 1. The molecule has 0 aliphatic carbocycles. The van der Waals surface area contributed by atoms with Gasteiger partial charge in [0.15, 0.2) is 0 Å². The van der Waals surface area contributed by atoms with Crippen molar-refractivity contribution in [3.63, 3.8) is 0 Å². The molecule has 1 aromatic heterocycles. The maximum atomic E-state index is 12.7. The summed E-state index contributed by atoms with van der Waals surface area (Å²) in [4.78, 5) is 21.4. The SMILES string of the molecule is CC(C)(C)N1CCN(C(=O)c2cnc3ccccc3c2)CC1. The van der Waals surface area contributed by atoms with Crippen LogP contribution in [-0.4, -0.2) is 52.4 Å². The summed E-state index contributed by atoms with van der Waals surface area (Å²) in [5.41, 5.74) is 1.78. The highest BCUT2D eigenvalue weighted by Gasteiger charge is 2.28. The van der Waals surface area contributed by atoms with Crippen LogP contribution in [0.15, 0.2) is 36.5 Å². The second-order valence-electron chi connectivity index (χ2n) is 6.87. The van der Waals surface area contributed by atoms with Crippen LogP contribution in [0.5, 0.6) is 0 Å². The number of hydrogen-bond donors (Lipinski definition) is 0. The lowest BCUT2D eigenvalue weighted by atomic mass is 10.0. The van der Waals surface area contributed by atoms with Crippen molar-refractivity contribution in [1.29, 1.82) is 0 Å². The van der Waals surface area contributed by atoms with E-state index in [0.717, 1.165) is 37.1 Å². The molecule has 1 aromatic carbocycles. The van der Waals surface area contributed by atoms with E-state index in [4.69, 9.17) is 0 Å². The van der Waals surface area contributed by atoms with Gasteiger partial charge in [-0.2, -0.15) is 0 Å². The molecule has 1 fully saturated rings. The molecule has 0 N–H and O–H groups in total. The first kappa shape index (κ1) is 15.0. The van der Waals surface area contributed by atoms with E-state index in [9.17, 15) is 4.79 Å². The highest BCUT2D eigenvalue weighted by molar-refractivity contribution is 5.97. The molecule has 1 aliphatic heterocycles. The van der Waals surface area contributed by atoms with E-state index in [2.05, 4.69) is 30.7 Å². The predicted molar refractivity (Wildman–Crippen MR) is 89.0 cm³/mol. The number of amides is 1. The Morgan fingerprint density at radius 3 is 2.45 bits per heavy atom. The Morgan fingerprint density at radius 1 is 1.09 bits per heavy atom. The summed E-state index contributed by atoms with van der Waals surface area (Å²) in [5, 5.41) is 1.02. The zero-order valence-electron chi connectivity index (χ0n) is 13.5. The number of fused-ring (bicyclic) bond motifs is 1. The summed E-state index contributed by atoms with van der Waals surface area (Å²) in [5.74, 6) is 0.0896. The molecule has 0 spiro atoms. The molecule has 2 heterocycles. The number of carbonyl (C=O) groups is 1. The number of para-hydroxylation sites is 1. The van der Waals surface area contributed by atoms with Gasteiger partial charge in [0, 0.05) is 43.3 Å². The minimum Gasteiger partial charge on any atom is -0.336 e. The molecule has 0 bridgehead atoms. The van der Waals surface area contributed by atoms with Gasteiger partial charge in [0.25, 0.3) is 5.91 Å². The number of carbonyl (C=O) groups excluding carboxylic acids is 1. The highest BCUT2D eigenvalue weighted by atomic mass is 16.2. The van der Waals surface area contributed by atoms with Crippen molar-refractivity contribution in [2.75, 3.05) is 26.2 Å².